The molecular formula is C15H30N2. The van der Waals surface area contributed by atoms with Crippen LogP contribution < -0.4 is 11.1 Å². The van der Waals surface area contributed by atoms with Gasteiger partial charge in [0.2, 0.25) is 0 Å². The van der Waals surface area contributed by atoms with Gasteiger partial charge in [0.15, 0.2) is 0 Å². The normalized spacial score (nSPS) is 32.3. The van der Waals surface area contributed by atoms with Gasteiger partial charge < -0.3 is 11.1 Å². The molecule has 2 aliphatic carbocycles. The molecule has 2 heteroatoms. The summed E-state index contributed by atoms with van der Waals surface area (Å²) in [5.41, 5.74) is 6.90. The molecule has 2 rings (SSSR count). The molecule has 3 N–H and O–H groups in total. The summed E-state index contributed by atoms with van der Waals surface area (Å²) in [7, 11) is 0. The van der Waals surface area contributed by atoms with E-state index in [1.165, 1.54) is 57.8 Å². The number of nitrogens with one attached hydrogen (secondary N) is 1. The molecule has 0 heterocycles. The van der Waals surface area contributed by atoms with Crippen LogP contribution in [0.15, 0.2) is 0 Å². The summed E-state index contributed by atoms with van der Waals surface area (Å²) in [5, 5.41) is 3.95. The summed E-state index contributed by atoms with van der Waals surface area (Å²) in [6.07, 6.45) is 12.1. The first-order valence-corrected chi connectivity index (χ1v) is 7.53. The number of hydrogen-bond donors (Lipinski definition) is 2. The van der Waals surface area contributed by atoms with Gasteiger partial charge in [-0.05, 0) is 37.5 Å². The third-order valence-corrected chi connectivity index (χ3v) is 4.93. The first kappa shape index (κ1) is 13.4. The largest absolute Gasteiger partial charge is 0.329 e. The van der Waals surface area contributed by atoms with Crippen LogP contribution in [0.3, 0.4) is 0 Å². The molecule has 0 saturated heterocycles. The Hall–Kier alpha value is -0.0800. The lowest BCUT2D eigenvalue weighted by Crippen LogP contribution is -2.54. The fraction of sp³-hybridized carbons (Fsp3) is 1.00. The van der Waals surface area contributed by atoms with Gasteiger partial charge >= 0.3 is 0 Å². The first-order valence-electron chi connectivity index (χ1n) is 7.53. The summed E-state index contributed by atoms with van der Waals surface area (Å²) in [5.74, 6) is 0. The van der Waals surface area contributed by atoms with Crippen LogP contribution in [0, 0.1) is 5.41 Å². The topological polar surface area (TPSA) is 38.0 Å². The minimum absolute atomic E-state index is 0.265. The molecule has 2 aliphatic rings. The van der Waals surface area contributed by atoms with E-state index in [0.29, 0.717) is 11.5 Å². The van der Waals surface area contributed by atoms with Crippen LogP contribution in [-0.4, -0.2) is 18.1 Å². The zero-order chi connectivity index (χ0) is 12.4. The molecular weight excluding hydrogens is 208 g/mol. The van der Waals surface area contributed by atoms with Crippen LogP contribution in [-0.2, 0) is 0 Å². The maximum absolute atomic E-state index is 6.09. The van der Waals surface area contributed by atoms with Gasteiger partial charge in [0.25, 0.3) is 0 Å². The Bertz CT molecular complexity index is 239. The van der Waals surface area contributed by atoms with Crippen molar-refractivity contribution in [3.8, 4) is 0 Å². The number of nitrogens with two attached hydrogens (primary N) is 1. The SMILES string of the molecule is CC1(C)CCC(NC2(CN)CCCCCC2)C1. The molecule has 1 atom stereocenters. The number of rotatable bonds is 3. The number of hydrogen-bond acceptors (Lipinski definition) is 2. The fourth-order valence-electron chi connectivity index (χ4n) is 3.81. The smallest absolute Gasteiger partial charge is 0.0306 e. The summed E-state index contributed by atoms with van der Waals surface area (Å²) in [4.78, 5) is 0. The highest BCUT2D eigenvalue weighted by Crippen LogP contribution is 2.38. The van der Waals surface area contributed by atoms with Gasteiger partial charge in [0.1, 0.15) is 0 Å². The van der Waals surface area contributed by atoms with E-state index in [1.807, 2.05) is 0 Å². The zero-order valence-corrected chi connectivity index (χ0v) is 11.7. The fourth-order valence-corrected chi connectivity index (χ4v) is 3.81. The molecule has 0 radical (unpaired) electrons. The Morgan fingerprint density at radius 3 is 2.18 bits per heavy atom. The van der Waals surface area contributed by atoms with Gasteiger partial charge in [-0.15, -0.1) is 0 Å². The quantitative estimate of drug-likeness (QED) is 0.741. The summed E-state index contributed by atoms with van der Waals surface area (Å²) < 4.78 is 0. The van der Waals surface area contributed by atoms with Crippen LogP contribution in [0.4, 0.5) is 0 Å². The standard InChI is InChI=1S/C15H30N2/c1-14(2)10-7-13(11-14)17-15(12-16)8-5-3-4-6-9-15/h13,17H,3-12,16H2,1-2H3. The van der Waals surface area contributed by atoms with Crippen LogP contribution in [0.5, 0.6) is 0 Å². The third kappa shape index (κ3) is 3.45. The van der Waals surface area contributed by atoms with E-state index < -0.39 is 0 Å². The Morgan fingerprint density at radius 2 is 1.71 bits per heavy atom. The van der Waals surface area contributed by atoms with Crippen molar-refractivity contribution in [2.24, 2.45) is 11.1 Å². The van der Waals surface area contributed by atoms with Crippen molar-refractivity contribution >= 4 is 0 Å². The lowest BCUT2D eigenvalue weighted by molar-refractivity contribution is 0.248. The third-order valence-electron chi connectivity index (χ3n) is 4.93. The molecule has 1 unspecified atom stereocenters. The van der Waals surface area contributed by atoms with Crippen molar-refractivity contribution in [3.05, 3.63) is 0 Å². The van der Waals surface area contributed by atoms with E-state index in [0.717, 1.165) is 6.54 Å². The molecule has 0 spiro atoms. The highest BCUT2D eigenvalue weighted by atomic mass is 15.0. The van der Waals surface area contributed by atoms with Crippen LogP contribution in [0.25, 0.3) is 0 Å². The van der Waals surface area contributed by atoms with Crippen molar-refractivity contribution in [2.75, 3.05) is 6.54 Å². The highest BCUT2D eigenvalue weighted by molar-refractivity contribution is 4.96. The minimum Gasteiger partial charge on any atom is -0.329 e. The van der Waals surface area contributed by atoms with Crippen LogP contribution >= 0.6 is 0 Å². The second-order valence-electron chi connectivity index (χ2n) is 7.15. The first-order chi connectivity index (χ1) is 8.05. The average molecular weight is 238 g/mol. The lowest BCUT2D eigenvalue weighted by Gasteiger charge is -2.36. The van der Waals surface area contributed by atoms with E-state index in [9.17, 15) is 0 Å². The predicted molar refractivity (Wildman–Crippen MR) is 74.0 cm³/mol. The van der Waals surface area contributed by atoms with E-state index in [2.05, 4.69) is 19.2 Å². The van der Waals surface area contributed by atoms with Gasteiger partial charge in [-0.1, -0.05) is 39.5 Å². The molecule has 17 heavy (non-hydrogen) atoms. The summed E-state index contributed by atoms with van der Waals surface area (Å²) >= 11 is 0. The molecule has 2 nitrogen and oxygen atoms in total. The van der Waals surface area contributed by atoms with Crippen molar-refractivity contribution in [3.63, 3.8) is 0 Å². The van der Waals surface area contributed by atoms with E-state index in [4.69, 9.17) is 5.73 Å². The van der Waals surface area contributed by atoms with Gasteiger partial charge in [0, 0.05) is 18.1 Å². The Kier molecular flexibility index (Phi) is 4.14. The Balaban J connectivity index is 1.94. The molecule has 0 aromatic heterocycles. The van der Waals surface area contributed by atoms with Crippen LogP contribution in [0.2, 0.25) is 0 Å². The van der Waals surface area contributed by atoms with Crippen molar-refractivity contribution in [1.82, 2.24) is 5.32 Å². The highest BCUT2D eigenvalue weighted by Gasteiger charge is 2.37. The van der Waals surface area contributed by atoms with Gasteiger partial charge in [-0.2, -0.15) is 0 Å². The maximum atomic E-state index is 6.09. The molecule has 0 aromatic rings. The Morgan fingerprint density at radius 1 is 1.06 bits per heavy atom. The average Bonchev–Trinajstić information content (AvgIpc) is 2.52. The molecule has 0 aliphatic heterocycles. The van der Waals surface area contributed by atoms with E-state index >= 15 is 0 Å². The molecule has 100 valence electrons. The maximum Gasteiger partial charge on any atom is 0.0306 e. The second kappa shape index (κ2) is 5.27. The van der Waals surface area contributed by atoms with Crippen molar-refractivity contribution < 1.29 is 0 Å². The zero-order valence-electron chi connectivity index (χ0n) is 11.7. The van der Waals surface area contributed by atoms with E-state index in [-0.39, 0.29) is 5.54 Å². The van der Waals surface area contributed by atoms with E-state index in [1.54, 1.807) is 0 Å². The molecule has 0 aromatic carbocycles. The Labute approximate surface area is 107 Å². The van der Waals surface area contributed by atoms with Gasteiger partial charge in [-0.3, -0.25) is 0 Å². The van der Waals surface area contributed by atoms with Gasteiger partial charge in [0.05, 0.1) is 0 Å². The lowest BCUT2D eigenvalue weighted by atomic mass is 9.88. The molecule has 0 amide bonds. The van der Waals surface area contributed by atoms with Gasteiger partial charge in [-0.25, -0.2) is 0 Å². The van der Waals surface area contributed by atoms with Crippen molar-refractivity contribution in [2.45, 2.75) is 83.2 Å². The molecule has 2 fully saturated rings. The summed E-state index contributed by atoms with van der Waals surface area (Å²) in [6, 6.07) is 0.714. The predicted octanol–water partition coefficient (Wildman–Crippen LogP) is 3.21. The molecule has 2 saturated carbocycles. The molecule has 0 bridgehead atoms. The monoisotopic (exact) mass is 238 g/mol. The second-order valence-corrected chi connectivity index (χ2v) is 7.15. The van der Waals surface area contributed by atoms with Crippen molar-refractivity contribution in [1.29, 1.82) is 0 Å². The van der Waals surface area contributed by atoms with Crippen LogP contribution in [0.1, 0.15) is 71.6 Å². The minimum atomic E-state index is 0.265. The summed E-state index contributed by atoms with van der Waals surface area (Å²) in [6.45, 7) is 5.62.